The molecule has 0 bridgehead atoms. The van der Waals surface area contributed by atoms with Crippen LogP contribution in [0.1, 0.15) is 38.2 Å². The first-order chi connectivity index (χ1) is 16.7. The first kappa shape index (κ1) is 25.4. The van der Waals surface area contributed by atoms with E-state index in [4.69, 9.17) is 4.74 Å². The highest BCUT2D eigenvalue weighted by Crippen LogP contribution is 2.33. The van der Waals surface area contributed by atoms with Gasteiger partial charge in [-0.2, -0.15) is 4.31 Å². The molecule has 0 aliphatic carbocycles. The van der Waals surface area contributed by atoms with Crippen molar-refractivity contribution in [3.8, 4) is 5.75 Å². The zero-order chi connectivity index (χ0) is 25.2. The van der Waals surface area contributed by atoms with Gasteiger partial charge in [0.2, 0.25) is 15.9 Å². The molecule has 2 aromatic rings. The van der Waals surface area contributed by atoms with Gasteiger partial charge in [0.25, 0.3) is 0 Å². The number of ether oxygens (including phenoxy) is 1. The SMILES string of the molecule is COc1ccc(C(C)C)cc1S(=O)(=O)N1CCC[C@H](C(=O)N2CCN(c3ccccc3F)CC2)C1. The molecule has 4 rings (SSSR count). The Hall–Kier alpha value is -2.65. The smallest absolute Gasteiger partial charge is 0.246 e. The van der Waals surface area contributed by atoms with Gasteiger partial charge >= 0.3 is 0 Å². The van der Waals surface area contributed by atoms with Gasteiger partial charge in [-0.1, -0.05) is 32.0 Å². The van der Waals surface area contributed by atoms with Gasteiger partial charge in [-0.05, 0) is 48.6 Å². The van der Waals surface area contributed by atoms with E-state index in [9.17, 15) is 17.6 Å². The number of piperazine rings is 1. The second-order valence-electron chi connectivity index (χ2n) is 9.53. The molecule has 190 valence electrons. The fraction of sp³-hybridized carbons (Fsp3) is 0.500. The molecule has 0 saturated carbocycles. The third-order valence-corrected chi connectivity index (χ3v) is 8.88. The van der Waals surface area contributed by atoms with Crippen molar-refractivity contribution in [1.82, 2.24) is 9.21 Å². The Morgan fingerprint density at radius 3 is 2.43 bits per heavy atom. The molecule has 1 amide bonds. The van der Waals surface area contributed by atoms with Crippen LogP contribution in [-0.4, -0.2) is 69.9 Å². The fourth-order valence-corrected chi connectivity index (χ4v) is 6.60. The van der Waals surface area contributed by atoms with Crippen molar-refractivity contribution in [2.24, 2.45) is 5.92 Å². The average Bonchev–Trinajstić information content (AvgIpc) is 2.88. The lowest BCUT2D eigenvalue weighted by Crippen LogP contribution is -2.53. The summed E-state index contributed by atoms with van der Waals surface area (Å²) in [6.07, 6.45) is 1.28. The molecule has 1 atom stereocenters. The third-order valence-electron chi connectivity index (χ3n) is 6.99. The van der Waals surface area contributed by atoms with Crippen LogP contribution in [0.15, 0.2) is 47.4 Å². The van der Waals surface area contributed by atoms with E-state index in [1.807, 2.05) is 24.8 Å². The van der Waals surface area contributed by atoms with Crippen LogP contribution in [0.25, 0.3) is 0 Å². The van der Waals surface area contributed by atoms with Crippen molar-refractivity contribution in [1.29, 1.82) is 0 Å². The number of hydrogen-bond donors (Lipinski definition) is 0. The maximum absolute atomic E-state index is 14.1. The Morgan fingerprint density at radius 2 is 1.77 bits per heavy atom. The minimum Gasteiger partial charge on any atom is -0.495 e. The molecule has 9 heteroatoms. The lowest BCUT2D eigenvalue weighted by molar-refractivity contribution is -0.137. The lowest BCUT2D eigenvalue weighted by atomic mass is 9.97. The molecule has 2 heterocycles. The second kappa shape index (κ2) is 10.5. The van der Waals surface area contributed by atoms with Crippen LogP contribution in [0.2, 0.25) is 0 Å². The second-order valence-corrected chi connectivity index (χ2v) is 11.4. The number of halogens is 1. The molecule has 0 unspecified atom stereocenters. The molecule has 2 aliphatic heterocycles. The molecule has 2 aliphatic rings. The number of benzene rings is 2. The Morgan fingerprint density at radius 1 is 1.06 bits per heavy atom. The van der Waals surface area contributed by atoms with Crippen molar-refractivity contribution in [2.45, 2.75) is 37.5 Å². The summed E-state index contributed by atoms with van der Waals surface area (Å²) >= 11 is 0. The average molecular weight is 504 g/mol. The number of carbonyl (C=O) groups excluding carboxylic acids is 1. The maximum Gasteiger partial charge on any atom is 0.246 e. The van der Waals surface area contributed by atoms with E-state index < -0.39 is 15.9 Å². The summed E-state index contributed by atoms with van der Waals surface area (Å²) in [5.74, 6) is -0.197. The maximum atomic E-state index is 14.1. The van der Waals surface area contributed by atoms with Gasteiger partial charge in [0, 0.05) is 39.3 Å². The van der Waals surface area contributed by atoms with Crippen LogP contribution in [0.3, 0.4) is 0 Å². The van der Waals surface area contributed by atoms with Crippen LogP contribution < -0.4 is 9.64 Å². The number of hydrogen-bond acceptors (Lipinski definition) is 5. The molecule has 2 aromatic carbocycles. The van der Waals surface area contributed by atoms with Crippen molar-refractivity contribution in [3.05, 3.63) is 53.8 Å². The zero-order valence-electron chi connectivity index (χ0n) is 20.6. The molecule has 2 saturated heterocycles. The van der Waals surface area contributed by atoms with Crippen LogP contribution in [0.5, 0.6) is 5.75 Å². The van der Waals surface area contributed by atoms with Crippen molar-refractivity contribution in [2.75, 3.05) is 51.3 Å². The van der Waals surface area contributed by atoms with Gasteiger partial charge in [0.15, 0.2) is 0 Å². The molecule has 0 aromatic heterocycles. The summed E-state index contributed by atoms with van der Waals surface area (Å²) in [5.41, 5.74) is 1.47. The van der Waals surface area contributed by atoms with E-state index in [1.165, 1.54) is 17.5 Å². The summed E-state index contributed by atoms with van der Waals surface area (Å²) in [5, 5.41) is 0. The van der Waals surface area contributed by atoms with E-state index in [1.54, 1.807) is 35.2 Å². The molecule has 7 nitrogen and oxygen atoms in total. The molecule has 35 heavy (non-hydrogen) atoms. The van der Waals surface area contributed by atoms with Gasteiger partial charge in [0.05, 0.1) is 18.7 Å². The van der Waals surface area contributed by atoms with E-state index in [-0.39, 0.29) is 29.1 Å². The number of piperidine rings is 1. The van der Waals surface area contributed by atoms with Crippen LogP contribution in [-0.2, 0) is 14.8 Å². The molecule has 2 fully saturated rings. The largest absolute Gasteiger partial charge is 0.495 e. The molecule has 0 radical (unpaired) electrons. The van der Waals surface area contributed by atoms with Gasteiger partial charge in [0.1, 0.15) is 16.5 Å². The summed E-state index contributed by atoms with van der Waals surface area (Å²) in [4.78, 5) is 17.2. The third kappa shape index (κ3) is 5.30. The monoisotopic (exact) mass is 503 g/mol. The highest BCUT2D eigenvalue weighted by molar-refractivity contribution is 7.89. The summed E-state index contributed by atoms with van der Waals surface area (Å²) in [7, 11) is -2.35. The van der Waals surface area contributed by atoms with Gasteiger partial charge in [-0.15, -0.1) is 0 Å². The normalized spacial score (nSPS) is 19.7. The van der Waals surface area contributed by atoms with Gasteiger partial charge in [-0.25, -0.2) is 12.8 Å². The van der Waals surface area contributed by atoms with E-state index in [0.29, 0.717) is 57.0 Å². The highest BCUT2D eigenvalue weighted by atomic mass is 32.2. The van der Waals surface area contributed by atoms with E-state index >= 15 is 0 Å². The molecular formula is C26H34FN3O4S. The number of rotatable bonds is 6. The lowest BCUT2D eigenvalue weighted by Gasteiger charge is -2.39. The summed E-state index contributed by atoms with van der Waals surface area (Å²) < 4.78 is 48.1. The first-order valence-corrected chi connectivity index (χ1v) is 13.6. The number of sulfonamides is 1. The van der Waals surface area contributed by atoms with E-state index in [0.717, 1.165) is 5.56 Å². The predicted octanol–water partition coefficient (Wildman–Crippen LogP) is 3.71. The zero-order valence-corrected chi connectivity index (χ0v) is 21.4. The van der Waals surface area contributed by atoms with Crippen molar-refractivity contribution >= 4 is 21.6 Å². The van der Waals surface area contributed by atoms with Gasteiger partial charge < -0.3 is 14.5 Å². The van der Waals surface area contributed by atoms with Crippen LogP contribution in [0, 0.1) is 11.7 Å². The Kier molecular flexibility index (Phi) is 7.66. The topological polar surface area (TPSA) is 70.2 Å². The van der Waals surface area contributed by atoms with E-state index in [2.05, 4.69) is 0 Å². The van der Waals surface area contributed by atoms with Crippen LogP contribution >= 0.6 is 0 Å². The Labute approximate surface area is 207 Å². The number of carbonyl (C=O) groups is 1. The number of anilines is 1. The fourth-order valence-electron chi connectivity index (χ4n) is 4.89. The number of nitrogens with zero attached hydrogens (tertiary/aromatic N) is 3. The van der Waals surface area contributed by atoms with Crippen molar-refractivity contribution in [3.63, 3.8) is 0 Å². The van der Waals surface area contributed by atoms with Crippen molar-refractivity contribution < 1.29 is 22.3 Å². The standard InChI is InChI=1S/C26H34FN3O4S/c1-19(2)20-10-11-24(34-3)25(17-20)35(32,33)30-12-6-7-21(18-30)26(31)29-15-13-28(14-16-29)23-9-5-4-8-22(23)27/h4-5,8-11,17,19,21H,6-7,12-16,18H2,1-3H3/t21-/m0/s1. The number of para-hydroxylation sites is 1. The minimum atomic E-state index is -3.82. The van der Waals surface area contributed by atoms with Crippen LogP contribution in [0.4, 0.5) is 10.1 Å². The Balaban J connectivity index is 1.45. The predicted molar refractivity (Wildman–Crippen MR) is 134 cm³/mol. The molecular weight excluding hydrogens is 469 g/mol. The first-order valence-electron chi connectivity index (χ1n) is 12.2. The molecule has 0 N–H and O–H groups in total. The van der Waals surface area contributed by atoms with Gasteiger partial charge in [-0.3, -0.25) is 4.79 Å². The molecule has 0 spiro atoms. The number of methoxy groups -OCH3 is 1. The summed E-state index contributed by atoms with van der Waals surface area (Å²) in [6.45, 7) is 6.62. The summed E-state index contributed by atoms with van der Waals surface area (Å²) in [6, 6.07) is 11.9. The minimum absolute atomic E-state index is 0.0269. The highest BCUT2D eigenvalue weighted by Gasteiger charge is 2.37. The number of amides is 1. The Bertz CT molecular complexity index is 1160. The quantitative estimate of drug-likeness (QED) is 0.601.